The summed E-state index contributed by atoms with van der Waals surface area (Å²) in [5, 5.41) is 6.26. The van der Waals surface area contributed by atoms with Gasteiger partial charge in [-0.1, -0.05) is 6.92 Å². The van der Waals surface area contributed by atoms with Crippen LogP contribution in [-0.2, 0) is 6.54 Å². The molecule has 1 N–H and O–H groups in total. The molecule has 2 aromatic rings. The highest BCUT2D eigenvalue weighted by molar-refractivity contribution is 9.10. The monoisotopic (exact) mass is 314 g/mol. The van der Waals surface area contributed by atoms with Gasteiger partial charge in [0.05, 0.1) is 10.2 Å². The number of halogens is 2. The Morgan fingerprint density at radius 2 is 2.29 bits per heavy atom. The Morgan fingerprint density at radius 3 is 3.00 bits per heavy atom. The zero-order chi connectivity index (χ0) is 12.3. The fraction of sp³-hybridized carbons (Fsp3) is 0.250. The molecule has 0 radical (unpaired) electrons. The molecule has 0 fully saturated rings. The van der Waals surface area contributed by atoms with Gasteiger partial charge in [0.2, 0.25) is 0 Å². The van der Waals surface area contributed by atoms with E-state index in [4.69, 9.17) is 0 Å². The third-order valence-corrected chi connectivity index (χ3v) is 3.75. The van der Waals surface area contributed by atoms with Gasteiger partial charge in [0, 0.05) is 17.5 Å². The molecular formula is C12H12BrFN2S. The van der Waals surface area contributed by atoms with E-state index < -0.39 is 0 Å². The van der Waals surface area contributed by atoms with Crippen LogP contribution in [0.15, 0.2) is 28.1 Å². The SMILES string of the molecule is CCNCc1nc(-c2ccc(F)c(Br)c2)cs1. The molecule has 90 valence electrons. The number of rotatable bonds is 4. The van der Waals surface area contributed by atoms with Crippen LogP contribution in [0.2, 0.25) is 0 Å². The van der Waals surface area contributed by atoms with Gasteiger partial charge in [0.25, 0.3) is 0 Å². The van der Waals surface area contributed by atoms with Crippen LogP contribution in [0.25, 0.3) is 11.3 Å². The van der Waals surface area contributed by atoms with Crippen molar-refractivity contribution in [1.82, 2.24) is 10.3 Å². The number of nitrogens with zero attached hydrogens (tertiary/aromatic N) is 1. The maximum absolute atomic E-state index is 13.1. The number of thiazole rings is 1. The predicted molar refractivity (Wildman–Crippen MR) is 72.6 cm³/mol. The van der Waals surface area contributed by atoms with Crippen LogP contribution in [0.5, 0.6) is 0 Å². The molecule has 0 atom stereocenters. The third kappa shape index (κ3) is 3.12. The van der Waals surface area contributed by atoms with Crippen LogP contribution in [-0.4, -0.2) is 11.5 Å². The maximum atomic E-state index is 13.1. The van der Waals surface area contributed by atoms with E-state index >= 15 is 0 Å². The summed E-state index contributed by atoms with van der Waals surface area (Å²) in [6.07, 6.45) is 0. The lowest BCUT2D eigenvalue weighted by Gasteiger charge is -1.99. The minimum absolute atomic E-state index is 0.253. The number of benzene rings is 1. The first-order chi connectivity index (χ1) is 8.20. The van der Waals surface area contributed by atoms with Crippen LogP contribution < -0.4 is 5.32 Å². The second-order valence-corrected chi connectivity index (χ2v) is 5.33. The van der Waals surface area contributed by atoms with Crippen LogP contribution in [0.3, 0.4) is 0 Å². The van der Waals surface area contributed by atoms with Gasteiger partial charge in [-0.3, -0.25) is 0 Å². The highest BCUT2D eigenvalue weighted by atomic mass is 79.9. The number of aromatic nitrogens is 1. The molecule has 0 aliphatic heterocycles. The molecule has 0 amide bonds. The van der Waals surface area contributed by atoms with Gasteiger partial charge >= 0.3 is 0 Å². The lowest BCUT2D eigenvalue weighted by atomic mass is 10.2. The third-order valence-electron chi connectivity index (χ3n) is 2.29. The molecule has 1 heterocycles. The normalized spacial score (nSPS) is 10.8. The molecule has 2 rings (SSSR count). The van der Waals surface area contributed by atoms with Gasteiger partial charge in [-0.05, 0) is 40.7 Å². The Morgan fingerprint density at radius 1 is 1.47 bits per heavy atom. The van der Waals surface area contributed by atoms with E-state index in [0.717, 1.165) is 29.4 Å². The Hall–Kier alpha value is -0.780. The minimum Gasteiger partial charge on any atom is -0.311 e. The smallest absolute Gasteiger partial charge is 0.137 e. The molecule has 2 nitrogen and oxygen atoms in total. The van der Waals surface area contributed by atoms with Crippen LogP contribution in [0, 0.1) is 5.82 Å². The molecule has 0 saturated heterocycles. The van der Waals surface area contributed by atoms with Crippen LogP contribution >= 0.6 is 27.3 Å². The van der Waals surface area contributed by atoms with E-state index in [1.165, 1.54) is 6.07 Å². The summed E-state index contributed by atoms with van der Waals surface area (Å²) in [6.45, 7) is 3.77. The summed E-state index contributed by atoms with van der Waals surface area (Å²) >= 11 is 4.79. The van der Waals surface area contributed by atoms with Gasteiger partial charge in [-0.25, -0.2) is 9.37 Å². The molecule has 1 aromatic carbocycles. The van der Waals surface area contributed by atoms with E-state index in [9.17, 15) is 4.39 Å². The molecule has 17 heavy (non-hydrogen) atoms. The second kappa shape index (κ2) is 5.71. The van der Waals surface area contributed by atoms with Crippen molar-refractivity contribution in [3.63, 3.8) is 0 Å². The number of nitrogens with one attached hydrogen (secondary N) is 1. The van der Waals surface area contributed by atoms with E-state index in [2.05, 4.69) is 33.2 Å². The first-order valence-corrected chi connectivity index (χ1v) is 6.98. The summed E-state index contributed by atoms with van der Waals surface area (Å²) in [5.74, 6) is -0.253. The topological polar surface area (TPSA) is 24.9 Å². The molecule has 0 unspecified atom stereocenters. The fourth-order valence-electron chi connectivity index (χ4n) is 1.41. The Balaban J connectivity index is 2.21. The minimum atomic E-state index is -0.253. The first-order valence-electron chi connectivity index (χ1n) is 5.31. The molecule has 0 bridgehead atoms. The molecule has 0 saturated carbocycles. The lowest BCUT2D eigenvalue weighted by Crippen LogP contribution is -2.11. The predicted octanol–water partition coefficient (Wildman–Crippen LogP) is 3.82. The molecule has 0 aliphatic rings. The molecule has 1 aromatic heterocycles. The summed E-state index contributed by atoms with van der Waals surface area (Å²) in [5.41, 5.74) is 1.82. The zero-order valence-electron chi connectivity index (χ0n) is 9.34. The van der Waals surface area contributed by atoms with Crippen molar-refractivity contribution in [3.05, 3.63) is 38.9 Å². The number of hydrogen-bond donors (Lipinski definition) is 1. The zero-order valence-corrected chi connectivity index (χ0v) is 11.7. The van der Waals surface area contributed by atoms with E-state index in [0.29, 0.717) is 4.47 Å². The van der Waals surface area contributed by atoms with Crippen molar-refractivity contribution < 1.29 is 4.39 Å². The van der Waals surface area contributed by atoms with Crippen molar-refractivity contribution in [3.8, 4) is 11.3 Å². The summed E-state index contributed by atoms with van der Waals surface area (Å²) in [6, 6.07) is 4.94. The van der Waals surface area contributed by atoms with Gasteiger partial charge in [0.1, 0.15) is 10.8 Å². The van der Waals surface area contributed by atoms with Gasteiger partial charge < -0.3 is 5.32 Å². The highest BCUT2D eigenvalue weighted by Gasteiger charge is 2.06. The fourth-order valence-corrected chi connectivity index (χ4v) is 2.56. The largest absolute Gasteiger partial charge is 0.311 e. The van der Waals surface area contributed by atoms with E-state index in [1.807, 2.05) is 5.38 Å². The Bertz CT molecular complexity index is 513. The quantitative estimate of drug-likeness (QED) is 0.928. The standard InChI is InChI=1S/C12H12BrFN2S/c1-2-15-6-12-16-11(7-17-12)8-3-4-10(14)9(13)5-8/h3-5,7,15H,2,6H2,1H3. The van der Waals surface area contributed by atoms with E-state index in [-0.39, 0.29) is 5.82 Å². The van der Waals surface area contributed by atoms with Crippen molar-refractivity contribution in [2.45, 2.75) is 13.5 Å². The van der Waals surface area contributed by atoms with Crippen molar-refractivity contribution in [1.29, 1.82) is 0 Å². The summed E-state index contributed by atoms with van der Waals surface area (Å²) < 4.78 is 13.6. The maximum Gasteiger partial charge on any atom is 0.137 e. The first kappa shape index (κ1) is 12.7. The Kier molecular flexibility index (Phi) is 4.25. The summed E-state index contributed by atoms with van der Waals surface area (Å²) in [7, 11) is 0. The van der Waals surface area contributed by atoms with Crippen molar-refractivity contribution in [2.75, 3.05) is 6.54 Å². The van der Waals surface area contributed by atoms with E-state index in [1.54, 1.807) is 23.5 Å². The molecule has 0 aliphatic carbocycles. The molecular weight excluding hydrogens is 303 g/mol. The highest BCUT2D eigenvalue weighted by Crippen LogP contribution is 2.26. The number of hydrogen-bond acceptors (Lipinski definition) is 3. The van der Waals surface area contributed by atoms with Gasteiger partial charge in [-0.2, -0.15) is 0 Å². The lowest BCUT2D eigenvalue weighted by molar-refractivity contribution is 0.621. The van der Waals surface area contributed by atoms with Crippen molar-refractivity contribution in [2.24, 2.45) is 0 Å². The van der Waals surface area contributed by atoms with Crippen LogP contribution in [0.4, 0.5) is 4.39 Å². The molecule has 0 spiro atoms. The van der Waals surface area contributed by atoms with Crippen molar-refractivity contribution >= 4 is 27.3 Å². The Labute approximate surface area is 112 Å². The van der Waals surface area contributed by atoms with Gasteiger partial charge in [-0.15, -0.1) is 11.3 Å². The van der Waals surface area contributed by atoms with Crippen LogP contribution in [0.1, 0.15) is 11.9 Å². The average molecular weight is 315 g/mol. The average Bonchev–Trinajstić information content (AvgIpc) is 2.79. The molecule has 5 heteroatoms. The van der Waals surface area contributed by atoms with Gasteiger partial charge in [0.15, 0.2) is 0 Å². The summed E-state index contributed by atoms with van der Waals surface area (Å²) in [4.78, 5) is 4.50. The second-order valence-electron chi connectivity index (χ2n) is 3.54.